The van der Waals surface area contributed by atoms with Crippen molar-refractivity contribution in [3.63, 3.8) is 0 Å². The largest absolute Gasteiger partial charge is 0.346 e. The van der Waals surface area contributed by atoms with Gasteiger partial charge in [-0.3, -0.25) is 14.7 Å². The number of benzene rings is 2. The predicted octanol–water partition coefficient (Wildman–Crippen LogP) is 9.02. The number of hydrogen-bond acceptors (Lipinski definition) is 4. The van der Waals surface area contributed by atoms with Gasteiger partial charge in [0, 0.05) is 50.9 Å². The summed E-state index contributed by atoms with van der Waals surface area (Å²) in [6.07, 6.45) is 16.3. The Hall–Kier alpha value is -2.15. The van der Waals surface area contributed by atoms with Crippen LogP contribution in [0.2, 0.25) is 5.02 Å². The second-order valence-electron chi connectivity index (χ2n) is 10.9. The Bertz CT molecular complexity index is 1370. The van der Waals surface area contributed by atoms with Gasteiger partial charge in [0.25, 0.3) is 5.91 Å². The van der Waals surface area contributed by atoms with E-state index < -0.39 is 0 Å². The Kier molecular flexibility index (Phi) is 8.72. The van der Waals surface area contributed by atoms with Crippen molar-refractivity contribution >= 4 is 63.2 Å². The quantitative estimate of drug-likeness (QED) is 0.208. The number of aliphatic imine (C=N–C) groups is 1. The number of amidine groups is 1. The number of nitrogens with zero attached hydrogens (tertiary/aromatic N) is 3. The smallest absolute Gasteiger partial charge is 0.267 e. The van der Waals surface area contributed by atoms with Gasteiger partial charge in [-0.2, -0.15) is 0 Å². The summed E-state index contributed by atoms with van der Waals surface area (Å²) in [5.74, 6) is 1.11. The van der Waals surface area contributed by atoms with Gasteiger partial charge < -0.3 is 4.57 Å². The molecule has 0 radical (unpaired) electrons. The molecule has 0 unspecified atom stereocenters. The molecule has 3 aliphatic rings. The molecule has 204 valence electrons. The van der Waals surface area contributed by atoms with E-state index in [0.29, 0.717) is 12.1 Å². The lowest BCUT2D eigenvalue weighted by Crippen LogP contribution is -2.41. The number of halogens is 1. The van der Waals surface area contributed by atoms with E-state index in [1.165, 1.54) is 54.3 Å². The molecule has 6 rings (SSSR count). The van der Waals surface area contributed by atoms with Crippen LogP contribution >= 0.6 is 35.1 Å². The third-order valence-corrected chi connectivity index (χ3v) is 10.4. The zero-order valence-corrected chi connectivity index (χ0v) is 24.7. The molecule has 4 nitrogen and oxygen atoms in total. The highest BCUT2D eigenvalue weighted by Gasteiger charge is 2.39. The van der Waals surface area contributed by atoms with Crippen LogP contribution in [0.25, 0.3) is 17.0 Å². The first kappa shape index (κ1) is 27.0. The maximum atomic E-state index is 13.9. The molecule has 1 aromatic heterocycles. The summed E-state index contributed by atoms with van der Waals surface area (Å²) in [6, 6.07) is 17.2. The third-order valence-electron chi connectivity index (χ3n) is 8.17. The number of rotatable bonds is 7. The van der Waals surface area contributed by atoms with Crippen LogP contribution in [0, 0.1) is 0 Å². The van der Waals surface area contributed by atoms with E-state index in [-0.39, 0.29) is 5.91 Å². The van der Waals surface area contributed by atoms with Crippen molar-refractivity contribution in [3.8, 4) is 0 Å². The Morgan fingerprint density at radius 1 is 0.949 bits per heavy atom. The van der Waals surface area contributed by atoms with Crippen LogP contribution in [0.15, 0.2) is 69.5 Å². The highest BCUT2D eigenvalue weighted by Crippen LogP contribution is 2.39. The average Bonchev–Trinajstić information content (AvgIpc) is 3.47. The van der Waals surface area contributed by atoms with Crippen molar-refractivity contribution in [1.29, 1.82) is 0 Å². The molecule has 0 N–H and O–H groups in total. The van der Waals surface area contributed by atoms with Crippen molar-refractivity contribution in [2.24, 2.45) is 4.99 Å². The first-order chi connectivity index (χ1) is 19.2. The van der Waals surface area contributed by atoms with Crippen molar-refractivity contribution in [2.75, 3.05) is 5.75 Å². The van der Waals surface area contributed by atoms with E-state index in [1.807, 2.05) is 23.9 Å². The molecule has 3 aromatic rings. The lowest BCUT2D eigenvalue weighted by atomic mass is 9.94. The van der Waals surface area contributed by atoms with Crippen molar-refractivity contribution in [2.45, 2.75) is 87.7 Å². The molecule has 0 spiro atoms. The molecule has 0 atom stereocenters. The van der Waals surface area contributed by atoms with E-state index in [0.717, 1.165) is 58.6 Å². The lowest BCUT2D eigenvalue weighted by molar-refractivity contribution is -0.124. The molecule has 2 heterocycles. The summed E-state index contributed by atoms with van der Waals surface area (Å²) >= 11 is 9.48. The molecule has 39 heavy (non-hydrogen) atoms. The van der Waals surface area contributed by atoms with Gasteiger partial charge in [-0.1, -0.05) is 68.3 Å². The van der Waals surface area contributed by atoms with Gasteiger partial charge in [-0.05, 0) is 73.9 Å². The van der Waals surface area contributed by atoms with E-state index >= 15 is 0 Å². The first-order valence-electron chi connectivity index (χ1n) is 14.4. The maximum absolute atomic E-state index is 13.9. The Morgan fingerprint density at radius 3 is 2.44 bits per heavy atom. The monoisotopic (exact) mass is 577 g/mol. The Morgan fingerprint density at radius 2 is 1.67 bits per heavy atom. The van der Waals surface area contributed by atoms with Crippen molar-refractivity contribution in [1.82, 2.24) is 9.47 Å². The second-order valence-corrected chi connectivity index (χ2v) is 13.5. The van der Waals surface area contributed by atoms with Crippen molar-refractivity contribution in [3.05, 3.63) is 70.2 Å². The fraction of sp³-hybridized carbons (Fsp3) is 0.438. The van der Waals surface area contributed by atoms with E-state index in [2.05, 4.69) is 58.1 Å². The molecule has 7 heteroatoms. The third kappa shape index (κ3) is 6.28. The van der Waals surface area contributed by atoms with Crippen LogP contribution in [-0.2, 0) is 11.3 Å². The number of carbonyl (C=O) groups is 1. The van der Waals surface area contributed by atoms with Gasteiger partial charge in [0.1, 0.15) is 0 Å². The average molecular weight is 578 g/mol. The molecule has 2 aromatic carbocycles. The topological polar surface area (TPSA) is 37.6 Å². The minimum absolute atomic E-state index is 0.150. The lowest BCUT2D eigenvalue weighted by Gasteiger charge is -2.31. The van der Waals surface area contributed by atoms with E-state index in [4.69, 9.17) is 16.6 Å². The van der Waals surface area contributed by atoms with Crippen LogP contribution in [-0.4, -0.2) is 38.4 Å². The highest BCUT2D eigenvalue weighted by atomic mass is 35.5. The zero-order chi connectivity index (χ0) is 26.6. The summed E-state index contributed by atoms with van der Waals surface area (Å²) in [4.78, 5) is 23.2. The standard InChI is InChI=1S/C32H36ClN3OS2/c33-24-15-17-27(18-16-24)38-20-19-35-22-23(28-13-7-8-14-29(28)35)21-30-31(37)36(26-11-5-2-6-12-26)32(39-30)34-25-9-3-1-4-10-25/h7-8,13-18,21-22,25-26H,1-6,9-12,19-20H2/b30-21-,34-32?. The predicted molar refractivity (Wildman–Crippen MR) is 168 cm³/mol. The zero-order valence-electron chi connectivity index (χ0n) is 22.4. The van der Waals surface area contributed by atoms with Crippen molar-refractivity contribution < 1.29 is 4.79 Å². The van der Waals surface area contributed by atoms with Gasteiger partial charge in [0.2, 0.25) is 0 Å². The number of thioether (sulfide) groups is 2. The molecular weight excluding hydrogens is 542 g/mol. The molecule has 1 saturated heterocycles. The first-order valence-corrected chi connectivity index (χ1v) is 16.6. The Balaban J connectivity index is 1.26. The van der Waals surface area contributed by atoms with Gasteiger partial charge in [-0.15, -0.1) is 11.8 Å². The van der Waals surface area contributed by atoms with Crippen LogP contribution < -0.4 is 0 Å². The molecule has 0 bridgehead atoms. The number of carbonyl (C=O) groups excluding carboxylic acids is 1. The number of amides is 1. The van der Waals surface area contributed by atoms with Gasteiger partial charge in [0.05, 0.1) is 10.9 Å². The number of aryl methyl sites for hydroxylation is 1. The molecular formula is C32H36ClN3OS2. The fourth-order valence-corrected chi connectivity index (χ4v) is 8.19. The molecule has 3 fully saturated rings. The summed E-state index contributed by atoms with van der Waals surface area (Å²) in [7, 11) is 0. The molecule has 2 aliphatic carbocycles. The van der Waals surface area contributed by atoms with Crippen LogP contribution in [0.3, 0.4) is 0 Å². The number of para-hydroxylation sites is 1. The van der Waals surface area contributed by atoms with Crippen LogP contribution in [0.1, 0.15) is 69.8 Å². The van der Waals surface area contributed by atoms with Crippen LogP contribution in [0.4, 0.5) is 0 Å². The highest BCUT2D eigenvalue weighted by molar-refractivity contribution is 8.18. The normalized spacial score (nSPS) is 21.6. The SMILES string of the molecule is O=C1/C(=C/c2cn(CCSc3ccc(Cl)cc3)c3ccccc23)SC(=NC2CCCCC2)N1C1CCCCC1. The Labute approximate surface area is 245 Å². The minimum atomic E-state index is 0.150. The fourth-order valence-electron chi connectivity index (χ4n) is 6.11. The van der Waals surface area contributed by atoms with Gasteiger partial charge in [0.15, 0.2) is 5.17 Å². The summed E-state index contributed by atoms with van der Waals surface area (Å²) < 4.78 is 2.32. The van der Waals surface area contributed by atoms with Gasteiger partial charge in [-0.25, -0.2) is 0 Å². The minimum Gasteiger partial charge on any atom is -0.346 e. The number of aromatic nitrogens is 1. The molecule has 2 saturated carbocycles. The molecule has 1 amide bonds. The summed E-state index contributed by atoms with van der Waals surface area (Å²) in [5, 5.41) is 2.91. The maximum Gasteiger partial charge on any atom is 0.267 e. The van der Waals surface area contributed by atoms with E-state index in [9.17, 15) is 4.79 Å². The molecule has 1 aliphatic heterocycles. The summed E-state index contributed by atoms with van der Waals surface area (Å²) in [5.41, 5.74) is 2.32. The summed E-state index contributed by atoms with van der Waals surface area (Å²) in [6.45, 7) is 0.890. The number of hydrogen-bond donors (Lipinski definition) is 0. The van der Waals surface area contributed by atoms with E-state index in [1.54, 1.807) is 11.8 Å². The second kappa shape index (κ2) is 12.6. The number of fused-ring (bicyclic) bond motifs is 1. The van der Waals surface area contributed by atoms with Crippen LogP contribution in [0.5, 0.6) is 0 Å². The van der Waals surface area contributed by atoms with Gasteiger partial charge >= 0.3 is 0 Å².